The summed E-state index contributed by atoms with van der Waals surface area (Å²) in [6, 6.07) is 0. The van der Waals surface area contributed by atoms with Crippen molar-refractivity contribution in [1.82, 2.24) is 4.90 Å². The van der Waals surface area contributed by atoms with Gasteiger partial charge in [0.1, 0.15) is 0 Å². The fraction of sp³-hybridized carbons (Fsp3) is 0.765. The highest BCUT2D eigenvalue weighted by atomic mass is 15.1. The first-order valence-electron chi connectivity index (χ1n) is 7.60. The molecule has 104 valence electrons. The van der Waals surface area contributed by atoms with E-state index in [1.807, 2.05) is 0 Å². The smallest absolute Gasteiger partial charge is 0.00128 e. The predicted octanol–water partition coefficient (Wildman–Crippen LogP) is 4.51. The van der Waals surface area contributed by atoms with E-state index in [1.54, 1.807) is 0 Å². The largest absolute Gasteiger partial charge is 0.303 e. The number of likely N-dealkylation sites (tertiary alicyclic amines) is 1. The highest BCUT2D eigenvalue weighted by Gasteiger charge is 2.27. The SMILES string of the molecule is C=C/C(=C\CC(C)C)CCC1CN(CC)CC1C. The van der Waals surface area contributed by atoms with Crippen molar-refractivity contribution in [2.24, 2.45) is 17.8 Å². The Morgan fingerprint density at radius 2 is 2.11 bits per heavy atom. The first-order valence-corrected chi connectivity index (χ1v) is 7.60. The fourth-order valence-electron chi connectivity index (χ4n) is 2.80. The van der Waals surface area contributed by atoms with Crippen molar-refractivity contribution in [1.29, 1.82) is 0 Å². The van der Waals surface area contributed by atoms with Crippen LogP contribution in [-0.4, -0.2) is 24.5 Å². The minimum absolute atomic E-state index is 0.751. The molecule has 1 rings (SSSR count). The van der Waals surface area contributed by atoms with Gasteiger partial charge >= 0.3 is 0 Å². The van der Waals surface area contributed by atoms with Crippen molar-refractivity contribution in [2.45, 2.75) is 47.0 Å². The lowest BCUT2D eigenvalue weighted by atomic mass is 9.91. The van der Waals surface area contributed by atoms with Crippen LogP contribution in [0.15, 0.2) is 24.3 Å². The Morgan fingerprint density at radius 3 is 2.61 bits per heavy atom. The monoisotopic (exact) mass is 249 g/mol. The Hall–Kier alpha value is -0.560. The van der Waals surface area contributed by atoms with Gasteiger partial charge in [-0.2, -0.15) is 0 Å². The van der Waals surface area contributed by atoms with Gasteiger partial charge in [0.2, 0.25) is 0 Å². The zero-order valence-electron chi connectivity index (χ0n) is 12.8. The van der Waals surface area contributed by atoms with Crippen molar-refractivity contribution < 1.29 is 0 Å². The van der Waals surface area contributed by atoms with E-state index in [0.29, 0.717) is 0 Å². The van der Waals surface area contributed by atoms with Crippen molar-refractivity contribution in [3.63, 3.8) is 0 Å². The summed E-state index contributed by atoms with van der Waals surface area (Å²) in [5.74, 6) is 2.49. The Kier molecular flexibility index (Phi) is 6.70. The van der Waals surface area contributed by atoms with Crippen molar-refractivity contribution in [3.05, 3.63) is 24.3 Å². The molecule has 0 saturated carbocycles. The standard InChI is InChI=1S/C17H31N/c1-6-16(9-8-14(3)4)10-11-17-13-18(7-2)12-15(17)5/h6,9,14-15,17H,1,7-8,10-13H2,2-5H3/b16-9+. The molecule has 1 heterocycles. The van der Waals surface area contributed by atoms with Gasteiger partial charge in [-0.25, -0.2) is 0 Å². The summed E-state index contributed by atoms with van der Waals surface area (Å²) in [7, 11) is 0. The Morgan fingerprint density at radius 1 is 1.39 bits per heavy atom. The molecule has 0 radical (unpaired) electrons. The summed E-state index contributed by atoms with van der Waals surface area (Å²) in [5.41, 5.74) is 1.45. The van der Waals surface area contributed by atoms with E-state index < -0.39 is 0 Å². The molecule has 1 heteroatoms. The molecule has 0 bridgehead atoms. The van der Waals surface area contributed by atoms with E-state index in [9.17, 15) is 0 Å². The second kappa shape index (κ2) is 7.78. The Balaban J connectivity index is 2.39. The number of rotatable bonds is 7. The van der Waals surface area contributed by atoms with Crippen molar-refractivity contribution >= 4 is 0 Å². The van der Waals surface area contributed by atoms with Crippen LogP contribution in [0.3, 0.4) is 0 Å². The molecular weight excluding hydrogens is 218 g/mol. The van der Waals surface area contributed by atoms with Gasteiger partial charge in [-0.15, -0.1) is 0 Å². The molecule has 2 atom stereocenters. The first-order chi connectivity index (χ1) is 8.56. The summed E-state index contributed by atoms with van der Waals surface area (Å²) in [4.78, 5) is 2.58. The minimum atomic E-state index is 0.751. The highest BCUT2D eigenvalue weighted by molar-refractivity contribution is 5.16. The maximum Gasteiger partial charge on any atom is 0.00128 e. The van der Waals surface area contributed by atoms with Gasteiger partial charge in [-0.05, 0) is 43.6 Å². The third kappa shape index (κ3) is 4.97. The summed E-state index contributed by atoms with van der Waals surface area (Å²) in [5, 5.41) is 0. The third-order valence-corrected chi connectivity index (χ3v) is 4.21. The van der Waals surface area contributed by atoms with Crippen molar-refractivity contribution in [3.8, 4) is 0 Å². The van der Waals surface area contributed by atoms with Crippen LogP contribution < -0.4 is 0 Å². The van der Waals surface area contributed by atoms with E-state index >= 15 is 0 Å². The molecule has 2 unspecified atom stereocenters. The van der Waals surface area contributed by atoms with E-state index in [1.165, 1.54) is 44.5 Å². The first kappa shape index (κ1) is 15.5. The van der Waals surface area contributed by atoms with Gasteiger partial charge in [0, 0.05) is 13.1 Å². The fourth-order valence-corrected chi connectivity index (χ4v) is 2.80. The average molecular weight is 249 g/mol. The quantitative estimate of drug-likeness (QED) is 0.600. The third-order valence-electron chi connectivity index (χ3n) is 4.21. The van der Waals surface area contributed by atoms with Crippen LogP contribution in [0, 0.1) is 17.8 Å². The van der Waals surface area contributed by atoms with Gasteiger partial charge in [0.25, 0.3) is 0 Å². The summed E-state index contributed by atoms with van der Waals surface area (Å²) >= 11 is 0. The molecule has 0 aromatic heterocycles. The highest BCUT2D eigenvalue weighted by Crippen LogP contribution is 2.28. The molecule has 1 fully saturated rings. The normalized spacial score (nSPS) is 25.9. The van der Waals surface area contributed by atoms with Gasteiger partial charge in [-0.1, -0.05) is 52.0 Å². The molecule has 18 heavy (non-hydrogen) atoms. The van der Waals surface area contributed by atoms with Crippen LogP contribution in [0.5, 0.6) is 0 Å². The molecule has 0 aromatic rings. The molecule has 0 aliphatic carbocycles. The lowest BCUT2D eigenvalue weighted by Gasteiger charge is -2.15. The van der Waals surface area contributed by atoms with Crippen LogP contribution in [0.4, 0.5) is 0 Å². The van der Waals surface area contributed by atoms with Crippen LogP contribution in [0.2, 0.25) is 0 Å². The van der Waals surface area contributed by atoms with E-state index in [0.717, 1.165) is 17.8 Å². The topological polar surface area (TPSA) is 3.24 Å². The van der Waals surface area contributed by atoms with Crippen LogP contribution in [0.1, 0.15) is 47.0 Å². The van der Waals surface area contributed by atoms with Gasteiger partial charge in [-0.3, -0.25) is 0 Å². The molecule has 0 amide bonds. The molecule has 1 aliphatic heterocycles. The number of nitrogens with zero attached hydrogens (tertiary/aromatic N) is 1. The van der Waals surface area contributed by atoms with Crippen LogP contribution in [0.25, 0.3) is 0 Å². The molecular formula is C17H31N. The average Bonchev–Trinajstić information content (AvgIpc) is 2.70. The van der Waals surface area contributed by atoms with E-state index in [2.05, 4.69) is 51.3 Å². The number of allylic oxidation sites excluding steroid dienone is 3. The number of hydrogen-bond acceptors (Lipinski definition) is 1. The van der Waals surface area contributed by atoms with Gasteiger partial charge in [0.05, 0.1) is 0 Å². The molecule has 0 N–H and O–H groups in total. The molecule has 1 saturated heterocycles. The Bertz CT molecular complexity index is 277. The number of hydrogen-bond donors (Lipinski definition) is 0. The van der Waals surface area contributed by atoms with Gasteiger partial charge in [0.15, 0.2) is 0 Å². The maximum atomic E-state index is 3.96. The molecule has 0 spiro atoms. The summed E-state index contributed by atoms with van der Waals surface area (Å²) in [6.45, 7) is 17.0. The summed E-state index contributed by atoms with van der Waals surface area (Å²) < 4.78 is 0. The van der Waals surface area contributed by atoms with Crippen LogP contribution in [-0.2, 0) is 0 Å². The predicted molar refractivity (Wildman–Crippen MR) is 81.7 cm³/mol. The second-order valence-electron chi connectivity index (χ2n) is 6.24. The lowest BCUT2D eigenvalue weighted by molar-refractivity contribution is 0.337. The minimum Gasteiger partial charge on any atom is -0.303 e. The second-order valence-corrected chi connectivity index (χ2v) is 6.24. The molecule has 0 aromatic carbocycles. The summed E-state index contributed by atoms with van der Waals surface area (Å²) in [6.07, 6.45) is 8.16. The van der Waals surface area contributed by atoms with Crippen molar-refractivity contribution in [2.75, 3.05) is 19.6 Å². The van der Waals surface area contributed by atoms with Crippen LogP contribution >= 0.6 is 0 Å². The molecule has 1 aliphatic rings. The lowest BCUT2D eigenvalue weighted by Crippen LogP contribution is -2.19. The Labute approximate surface area is 114 Å². The van der Waals surface area contributed by atoms with E-state index in [4.69, 9.17) is 0 Å². The van der Waals surface area contributed by atoms with Gasteiger partial charge < -0.3 is 4.90 Å². The maximum absolute atomic E-state index is 3.96. The van der Waals surface area contributed by atoms with E-state index in [-0.39, 0.29) is 0 Å². The molecule has 1 nitrogen and oxygen atoms in total. The zero-order valence-corrected chi connectivity index (χ0v) is 12.8. The zero-order chi connectivity index (χ0) is 13.5.